The van der Waals surface area contributed by atoms with Gasteiger partial charge in [0.05, 0.1) is 12.6 Å². The highest BCUT2D eigenvalue weighted by Gasteiger charge is 2.44. The zero-order valence-electron chi connectivity index (χ0n) is 14.5. The molecule has 0 aromatic heterocycles. The van der Waals surface area contributed by atoms with E-state index in [1.54, 1.807) is 4.90 Å². The van der Waals surface area contributed by atoms with Crippen molar-refractivity contribution in [1.82, 2.24) is 4.90 Å². The summed E-state index contributed by atoms with van der Waals surface area (Å²) < 4.78 is 11.2. The summed E-state index contributed by atoms with van der Waals surface area (Å²) >= 11 is 0. The van der Waals surface area contributed by atoms with Gasteiger partial charge in [-0.3, -0.25) is 4.90 Å². The third-order valence-corrected chi connectivity index (χ3v) is 3.45. The van der Waals surface area contributed by atoms with Gasteiger partial charge in [0.25, 0.3) is 0 Å². The van der Waals surface area contributed by atoms with Gasteiger partial charge in [0.1, 0.15) is 11.3 Å². The maximum absolute atomic E-state index is 12.5. The predicted molar refractivity (Wildman–Crippen MR) is 90.9 cm³/mol. The smallest absolute Gasteiger partial charge is 0.413 e. The number of ether oxygens (including phenoxy) is 2. The monoisotopic (exact) mass is 315 g/mol. The summed E-state index contributed by atoms with van der Waals surface area (Å²) in [7, 11) is 0. The molecule has 0 unspecified atom stereocenters. The largest absolute Gasteiger partial charge is 0.444 e. The normalized spacial score (nSPS) is 19.9. The van der Waals surface area contributed by atoms with E-state index in [0.717, 1.165) is 5.56 Å². The first-order valence-corrected chi connectivity index (χ1v) is 7.83. The summed E-state index contributed by atoms with van der Waals surface area (Å²) in [5, 5.41) is 0. The van der Waals surface area contributed by atoms with Crippen LogP contribution in [0.15, 0.2) is 42.1 Å². The first kappa shape index (κ1) is 17.3. The molecule has 1 aromatic rings. The Hall–Kier alpha value is -2.03. The van der Waals surface area contributed by atoms with Gasteiger partial charge in [-0.1, -0.05) is 30.3 Å². The molecule has 0 bridgehead atoms. The van der Waals surface area contributed by atoms with Gasteiger partial charge in [0, 0.05) is 0 Å². The number of benzene rings is 1. The second-order valence-electron chi connectivity index (χ2n) is 7.06. The van der Waals surface area contributed by atoms with Crippen molar-refractivity contribution in [3.8, 4) is 0 Å². The molecule has 0 N–H and O–H groups in total. The minimum Gasteiger partial charge on any atom is -0.444 e. The second-order valence-corrected chi connectivity index (χ2v) is 7.06. The molecule has 2 rings (SSSR count). The maximum atomic E-state index is 12.5. The molecular weight excluding hydrogens is 290 g/mol. The fraction of sp³-hybridized carbons (Fsp3) is 0.474. The second kappa shape index (κ2) is 6.61. The van der Waals surface area contributed by atoms with Gasteiger partial charge >= 0.3 is 6.09 Å². The van der Waals surface area contributed by atoms with E-state index in [9.17, 15) is 4.79 Å². The Bertz CT molecular complexity index is 607. The van der Waals surface area contributed by atoms with Gasteiger partial charge in [-0.15, -0.1) is 5.73 Å². The lowest BCUT2D eigenvalue weighted by molar-refractivity contribution is -0.0610. The highest BCUT2D eigenvalue weighted by atomic mass is 16.6. The van der Waals surface area contributed by atoms with Gasteiger partial charge < -0.3 is 9.47 Å². The SMILES string of the molecule is CC(C)(C)OC(=O)N1[C@@H](C=C=Cc2ccccc2)COC1(C)C. The summed E-state index contributed by atoms with van der Waals surface area (Å²) in [5.74, 6) is 0. The molecule has 0 spiro atoms. The highest BCUT2D eigenvalue weighted by molar-refractivity contribution is 5.70. The number of rotatable bonds is 2. The van der Waals surface area contributed by atoms with Gasteiger partial charge in [-0.2, -0.15) is 0 Å². The molecule has 0 radical (unpaired) electrons. The Balaban J connectivity index is 2.17. The molecule has 1 atom stereocenters. The van der Waals surface area contributed by atoms with Crippen LogP contribution in [0.4, 0.5) is 4.79 Å². The summed E-state index contributed by atoms with van der Waals surface area (Å²) in [5.41, 5.74) is 2.98. The van der Waals surface area contributed by atoms with Gasteiger partial charge in [0.2, 0.25) is 0 Å². The molecule has 1 aliphatic rings. The van der Waals surface area contributed by atoms with Crippen LogP contribution in [0, 0.1) is 0 Å². The zero-order valence-corrected chi connectivity index (χ0v) is 14.5. The van der Waals surface area contributed by atoms with E-state index in [1.807, 2.05) is 77.1 Å². The van der Waals surface area contributed by atoms with Gasteiger partial charge in [-0.05, 0) is 52.3 Å². The average molecular weight is 315 g/mol. The molecule has 1 saturated heterocycles. The van der Waals surface area contributed by atoms with E-state index in [2.05, 4.69) is 5.73 Å². The first-order chi connectivity index (χ1) is 10.7. The van der Waals surface area contributed by atoms with E-state index in [-0.39, 0.29) is 12.1 Å². The molecule has 4 nitrogen and oxygen atoms in total. The highest BCUT2D eigenvalue weighted by Crippen LogP contribution is 2.29. The topological polar surface area (TPSA) is 38.8 Å². The van der Waals surface area contributed by atoms with Gasteiger partial charge in [-0.25, -0.2) is 4.79 Å². The number of carbonyl (C=O) groups excluding carboxylic acids is 1. The number of carbonyl (C=O) groups is 1. The molecule has 1 amide bonds. The van der Waals surface area contributed by atoms with Crippen molar-refractivity contribution in [2.24, 2.45) is 0 Å². The third-order valence-electron chi connectivity index (χ3n) is 3.45. The van der Waals surface area contributed by atoms with Gasteiger partial charge in [0.15, 0.2) is 0 Å². The Morgan fingerprint density at radius 1 is 1.35 bits per heavy atom. The fourth-order valence-corrected chi connectivity index (χ4v) is 2.43. The minimum atomic E-state index is -0.697. The lowest BCUT2D eigenvalue weighted by Gasteiger charge is -2.34. The molecule has 1 aromatic carbocycles. The van der Waals surface area contributed by atoms with Crippen molar-refractivity contribution in [2.45, 2.75) is 52.0 Å². The van der Waals surface area contributed by atoms with Crippen molar-refractivity contribution in [2.75, 3.05) is 6.61 Å². The van der Waals surface area contributed by atoms with Crippen molar-refractivity contribution in [3.63, 3.8) is 0 Å². The minimum absolute atomic E-state index is 0.195. The number of hydrogen-bond acceptors (Lipinski definition) is 3. The lowest BCUT2D eigenvalue weighted by Crippen LogP contribution is -2.49. The number of nitrogens with zero attached hydrogens (tertiary/aromatic N) is 1. The van der Waals surface area contributed by atoms with Crippen molar-refractivity contribution < 1.29 is 14.3 Å². The molecule has 124 valence electrons. The van der Waals surface area contributed by atoms with Crippen molar-refractivity contribution in [1.29, 1.82) is 0 Å². The fourth-order valence-electron chi connectivity index (χ4n) is 2.43. The Kier molecular flexibility index (Phi) is 4.98. The maximum Gasteiger partial charge on any atom is 0.413 e. The summed E-state index contributed by atoms with van der Waals surface area (Å²) in [4.78, 5) is 14.1. The van der Waals surface area contributed by atoms with Crippen LogP contribution in [-0.2, 0) is 9.47 Å². The molecule has 1 aliphatic heterocycles. The molecule has 0 saturated carbocycles. The van der Waals surface area contributed by atoms with E-state index in [0.29, 0.717) is 6.61 Å². The van der Waals surface area contributed by atoms with Crippen LogP contribution in [0.5, 0.6) is 0 Å². The Morgan fingerprint density at radius 3 is 2.61 bits per heavy atom. The molecule has 23 heavy (non-hydrogen) atoms. The van der Waals surface area contributed by atoms with Crippen LogP contribution in [0.2, 0.25) is 0 Å². The third kappa shape index (κ3) is 4.72. The summed E-state index contributed by atoms with van der Waals surface area (Å²) in [6.07, 6.45) is 3.37. The molecular formula is C19H25NO3. The van der Waals surface area contributed by atoms with Crippen LogP contribution in [0.1, 0.15) is 40.2 Å². The van der Waals surface area contributed by atoms with Crippen LogP contribution in [0.3, 0.4) is 0 Å². The predicted octanol–water partition coefficient (Wildman–Crippen LogP) is 4.23. The van der Waals surface area contributed by atoms with Crippen molar-refractivity contribution in [3.05, 3.63) is 47.7 Å². The van der Waals surface area contributed by atoms with Crippen molar-refractivity contribution >= 4 is 12.2 Å². The van der Waals surface area contributed by atoms with Crippen LogP contribution >= 0.6 is 0 Å². The van der Waals surface area contributed by atoms with Crippen LogP contribution < -0.4 is 0 Å². The van der Waals surface area contributed by atoms with E-state index in [4.69, 9.17) is 9.47 Å². The van der Waals surface area contributed by atoms with Crippen LogP contribution in [-0.4, -0.2) is 35.0 Å². The molecule has 4 heteroatoms. The quantitative estimate of drug-likeness (QED) is 0.767. The van der Waals surface area contributed by atoms with E-state index in [1.165, 1.54) is 0 Å². The Labute approximate surface area is 138 Å². The summed E-state index contributed by atoms with van der Waals surface area (Å²) in [6, 6.07) is 9.73. The van der Waals surface area contributed by atoms with Crippen LogP contribution in [0.25, 0.3) is 6.08 Å². The van der Waals surface area contributed by atoms with E-state index >= 15 is 0 Å². The molecule has 1 heterocycles. The standard InChI is InChI=1S/C19H25NO3/c1-18(2,3)23-17(21)20-16(14-22-19(20,4)5)13-9-12-15-10-7-6-8-11-15/h6-8,10-13,16H,14H2,1-5H3/t9?,16-/m0/s1. The molecule has 1 fully saturated rings. The lowest BCUT2D eigenvalue weighted by atomic mass is 10.2. The number of amides is 1. The first-order valence-electron chi connectivity index (χ1n) is 7.83. The average Bonchev–Trinajstić information content (AvgIpc) is 2.73. The number of hydrogen-bond donors (Lipinski definition) is 0. The summed E-state index contributed by atoms with van der Waals surface area (Å²) in [6.45, 7) is 9.73. The molecule has 0 aliphatic carbocycles. The Morgan fingerprint density at radius 2 is 2.00 bits per heavy atom. The van der Waals surface area contributed by atoms with E-state index < -0.39 is 11.3 Å². The zero-order chi connectivity index (χ0) is 17.1.